The highest BCUT2D eigenvalue weighted by Crippen LogP contribution is 2.33. The van der Waals surface area contributed by atoms with Crippen LogP contribution in [0.3, 0.4) is 0 Å². The summed E-state index contributed by atoms with van der Waals surface area (Å²) in [6.45, 7) is 7.80. The first-order valence-corrected chi connectivity index (χ1v) is 11.8. The van der Waals surface area contributed by atoms with Crippen LogP contribution in [0, 0.1) is 0 Å². The van der Waals surface area contributed by atoms with Crippen LogP contribution < -0.4 is 10.1 Å². The molecule has 0 atom stereocenters. The normalized spacial score (nSPS) is 11.4. The van der Waals surface area contributed by atoms with E-state index in [1.54, 1.807) is 0 Å². The highest BCUT2D eigenvalue weighted by molar-refractivity contribution is 5.93. The van der Waals surface area contributed by atoms with Crippen molar-refractivity contribution in [2.45, 2.75) is 52.8 Å². The van der Waals surface area contributed by atoms with Crippen LogP contribution in [0.4, 0.5) is 13.2 Å². The van der Waals surface area contributed by atoms with Crippen molar-refractivity contribution in [3.05, 3.63) is 59.2 Å². The van der Waals surface area contributed by atoms with E-state index in [1.165, 1.54) is 5.56 Å². The second-order valence-electron chi connectivity index (χ2n) is 7.73. The SMILES string of the molecule is CCCCOc1cc(/C=C(\CC)C(=O)OCC)ccc1-c1cccc(CNC)c1.O=C(O)C(F)(F)F. The summed E-state index contributed by atoms with van der Waals surface area (Å²) >= 11 is 0. The zero-order chi connectivity index (χ0) is 27.1. The number of carboxylic acids is 1. The fourth-order valence-electron chi connectivity index (χ4n) is 3.10. The van der Waals surface area contributed by atoms with Crippen LogP contribution in [0.15, 0.2) is 48.0 Å². The number of halogens is 3. The largest absolute Gasteiger partial charge is 0.493 e. The molecule has 2 N–H and O–H groups in total. The van der Waals surface area contributed by atoms with Gasteiger partial charge in [0.1, 0.15) is 5.75 Å². The van der Waals surface area contributed by atoms with E-state index < -0.39 is 12.1 Å². The van der Waals surface area contributed by atoms with Gasteiger partial charge in [-0.05, 0) is 61.7 Å². The van der Waals surface area contributed by atoms with E-state index in [2.05, 4.69) is 42.6 Å². The van der Waals surface area contributed by atoms with Crippen molar-refractivity contribution < 1.29 is 37.3 Å². The molecule has 0 heterocycles. The van der Waals surface area contributed by atoms with Crippen LogP contribution in [0.25, 0.3) is 17.2 Å². The number of nitrogens with one attached hydrogen (secondary N) is 1. The number of carbonyl (C=O) groups excluding carboxylic acids is 1. The molecule has 0 radical (unpaired) electrons. The molecule has 0 aromatic heterocycles. The highest BCUT2D eigenvalue weighted by Gasteiger charge is 2.38. The first-order chi connectivity index (χ1) is 17.1. The minimum absolute atomic E-state index is 0.257. The summed E-state index contributed by atoms with van der Waals surface area (Å²) in [4.78, 5) is 21.0. The van der Waals surface area contributed by atoms with Gasteiger partial charge in [-0.25, -0.2) is 9.59 Å². The molecule has 2 aromatic carbocycles. The van der Waals surface area contributed by atoms with Crippen LogP contribution in [0.2, 0.25) is 0 Å². The van der Waals surface area contributed by atoms with Gasteiger partial charge in [-0.2, -0.15) is 13.2 Å². The molecule has 198 valence electrons. The molecular formula is C27H34F3NO5. The van der Waals surface area contributed by atoms with Crippen LogP contribution in [-0.4, -0.2) is 43.5 Å². The predicted octanol–water partition coefficient (Wildman–Crippen LogP) is 6.24. The summed E-state index contributed by atoms with van der Waals surface area (Å²) in [6.07, 6.45) is -0.484. The summed E-state index contributed by atoms with van der Waals surface area (Å²) in [5.41, 5.74) is 5.02. The predicted molar refractivity (Wildman–Crippen MR) is 134 cm³/mol. The molecule has 2 rings (SSSR count). The average molecular weight is 510 g/mol. The Balaban J connectivity index is 0.000000809. The minimum atomic E-state index is -5.08. The number of aliphatic carboxylic acids is 1. The lowest BCUT2D eigenvalue weighted by atomic mass is 9.99. The Bertz CT molecular complexity index is 1020. The zero-order valence-corrected chi connectivity index (χ0v) is 21.1. The lowest BCUT2D eigenvalue weighted by Crippen LogP contribution is -2.21. The fourth-order valence-corrected chi connectivity index (χ4v) is 3.10. The summed E-state index contributed by atoms with van der Waals surface area (Å²) < 4.78 is 43.0. The Morgan fingerprint density at radius 1 is 1.08 bits per heavy atom. The van der Waals surface area contributed by atoms with Gasteiger partial charge in [-0.1, -0.05) is 50.6 Å². The molecule has 0 aliphatic carbocycles. The van der Waals surface area contributed by atoms with Gasteiger partial charge in [0.2, 0.25) is 0 Å². The van der Waals surface area contributed by atoms with Crippen LogP contribution in [0.1, 0.15) is 51.2 Å². The number of esters is 1. The van der Waals surface area contributed by atoms with Crippen molar-refractivity contribution >= 4 is 18.0 Å². The monoisotopic (exact) mass is 509 g/mol. The molecule has 0 saturated carbocycles. The van der Waals surface area contributed by atoms with Gasteiger partial charge in [-0.15, -0.1) is 0 Å². The van der Waals surface area contributed by atoms with Crippen molar-refractivity contribution in [3.63, 3.8) is 0 Å². The van der Waals surface area contributed by atoms with Crippen molar-refractivity contribution in [2.24, 2.45) is 0 Å². The summed E-state index contributed by atoms with van der Waals surface area (Å²) in [5.74, 6) is -2.17. The lowest BCUT2D eigenvalue weighted by molar-refractivity contribution is -0.192. The van der Waals surface area contributed by atoms with Crippen molar-refractivity contribution in [3.8, 4) is 16.9 Å². The fraction of sp³-hybridized carbons (Fsp3) is 0.407. The molecule has 0 aliphatic rings. The van der Waals surface area contributed by atoms with Crippen molar-refractivity contribution in [1.82, 2.24) is 5.32 Å². The third kappa shape index (κ3) is 10.5. The van der Waals surface area contributed by atoms with Crippen molar-refractivity contribution in [1.29, 1.82) is 0 Å². The van der Waals surface area contributed by atoms with E-state index in [4.69, 9.17) is 19.4 Å². The first kappa shape index (κ1) is 30.7. The molecule has 0 saturated heterocycles. The Hall–Kier alpha value is -3.33. The molecule has 0 fully saturated rings. The van der Waals surface area contributed by atoms with Crippen LogP contribution >= 0.6 is 0 Å². The maximum absolute atomic E-state index is 12.1. The molecule has 0 bridgehead atoms. The van der Waals surface area contributed by atoms with E-state index in [0.29, 0.717) is 25.2 Å². The Morgan fingerprint density at radius 3 is 2.33 bits per heavy atom. The highest BCUT2D eigenvalue weighted by atomic mass is 19.4. The molecule has 0 aliphatic heterocycles. The van der Waals surface area contributed by atoms with Gasteiger partial charge >= 0.3 is 18.1 Å². The molecule has 36 heavy (non-hydrogen) atoms. The number of hydrogen-bond donors (Lipinski definition) is 2. The summed E-state index contributed by atoms with van der Waals surface area (Å²) in [6, 6.07) is 14.6. The van der Waals surface area contributed by atoms with E-state index in [0.717, 1.165) is 41.8 Å². The van der Waals surface area contributed by atoms with Crippen LogP contribution in [0.5, 0.6) is 5.75 Å². The number of rotatable bonds is 11. The summed E-state index contributed by atoms with van der Waals surface area (Å²) in [7, 11) is 1.95. The number of carbonyl (C=O) groups is 2. The number of carboxylic acid groups (broad SMARTS) is 1. The standard InChI is InChI=1S/C25H33NO3.C2HF3O2/c1-5-8-14-29-24-17-19(15-21(6-2)25(27)28-7-3)12-13-23(24)22-11-9-10-20(16-22)18-26-4;3-2(4,5)1(6)7/h9-13,15-17,26H,5-8,14,18H2,1-4H3;(H,6,7)/b21-15+;. The number of unbranched alkanes of at least 4 members (excludes halogenated alkanes) is 1. The third-order valence-electron chi connectivity index (χ3n) is 4.88. The number of hydrogen-bond acceptors (Lipinski definition) is 5. The second-order valence-corrected chi connectivity index (χ2v) is 7.73. The number of ether oxygens (including phenoxy) is 2. The molecule has 6 nitrogen and oxygen atoms in total. The van der Waals surface area contributed by atoms with Gasteiger partial charge in [0, 0.05) is 17.7 Å². The number of benzene rings is 2. The maximum atomic E-state index is 12.1. The molecule has 2 aromatic rings. The zero-order valence-electron chi connectivity index (χ0n) is 21.1. The second kappa shape index (κ2) is 15.6. The molecule has 9 heteroatoms. The first-order valence-electron chi connectivity index (χ1n) is 11.8. The van der Waals surface area contributed by atoms with Gasteiger partial charge in [0.15, 0.2) is 0 Å². The molecule has 0 amide bonds. The van der Waals surface area contributed by atoms with Crippen LogP contribution in [-0.2, 0) is 20.9 Å². The number of alkyl halides is 3. The lowest BCUT2D eigenvalue weighted by Gasteiger charge is -2.14. The maximum Gasteiger partial charge on any atom is 0.490 e. The summed E-state index contributed by atoms with van der Waals surface area (Å²) in [5, 5.41) is 10.3. The smallest absolute Gasteiger partial charge is 0.490 e. The van der Waals surface area contributed by atoms with E-state index in [-0.39, 0.29) is 5.97 Å². The van der Waals surface area contributed by atoms with Gasteiger partial charge in [0.25, 0.3) is 0 Å². The Labute approximate surface area is 210 Å². The van der Waals surface area contributed by atoms with Gasteiger partial charge in [0.05, 0.1) is 13.2 Å². The average Bonchev–Trinajstić information content (AvgIpc) is 2.83. The van der Waals surface area contributed by atoms with E-state index >= 15 is 0 Å². The van der Waals surface area contributed by atoms with E-state index in [1.807, 2.05) is 39.1 Å². The molecule has 0 unspecified atom stereocenters. The topological polar surface area (TPSA) is 84.9 Å². The Kier molecular flexibility index (Phi) is 13.3. The quantitative estimate of drug-likeness (QED) is 0.212. The van der Waals surface area contributed by atoms with E-state index in [9.17, 15) is 18.0 Å². The van der Waals surface area contributed by atoms with Gasteiger partial charge < -0.3 is 19.9 Å². The van der Waals surface area contributed by atoms with Crippen molar-refractivity contribution in [2.75, 3.05) is 20.3 Å². The minimum Gasteiger partial charge on any atom is -0.493 e. The third-order valence-corrected chi connectivity index (χ3v) is 4.88. The Morgan fingerprint density at radius 2 is 1.78 bits per heavy atom. The van der Waals surface area contributed by atoms with Gasteiger partial charge in [-0.3, -0.25) is 0 Å². The molecule has 0 spiro atoms. The molecular weight excluding hydrogens is 475 g/mol.